The van der Waals surface area contributed by atoms with E-state index in [1.165, 1.54) is 43.8 Å². The van der Waals surface area contributed by atoms with Gasteiger partial charge in [0.1, 0.15) is 11.8 Å². The molecule has 0 unspecified atom stereocenters. The quantitative estimate of drug-likeness (QED) is 0.559. The van der Waals surface area contributed by atoms with E-state index in [0.29, 0.717) is 5.69 Å². The molecule has 0 aliphatic carbocycles. The molecule has 0 spiro atoms. The van der Waals surface area contributed by atoms with E-state index in [9.17, 15) is 14.9 Å². The molecule has 1 aliphatic heterocycles. The molecule has 0 bridgehead atoms. The van der Waals surface area contributed by atoms with E-state index >= 15 is 0 Å². The molecule has 3 rings (SSSR count). The van der Waals surface area contributed by atoms with Gasteiger partial charge in [-0.25, -0.2) is 0 Å². The zero-order valence-electron chi connectivity index (χ0n) is 16.0. The Morgan fingerprint density at radius 2 is 1.86 bits per heavy atom. The van der Waals surface area contributed by atoms with Gasteiger partial charge >= 0.3 is 0 Å². The number of amides is 1. The van der Waals surface area contributed by atoms with Crippen molar-refractivity contribution in [3.8, 4) is 5.75 Å². The molecule has 2 aromatic rings. The predicted octanol–water partition coefficient (Wildman–Crippen LogP) is 3.64. The Hall–Kier alpha value is -3.29. The molecular weight excluding hydrogens is 360 g/mol. The van der Waals surface area contributed by atoms with E-state index in [1.807, 2.05) is 12.1 Å². The van der Waals surface area contributed by atoms with Crippen LogP contribution in [0.2, 0.25) is 0 Å². The predicted molar refractivity (Wildman–Crippen MR) is 109 cm³/mol. The summed E-state index contributed by atoms with van der Waals surface area (Å²) in [6, 6.07) is 11.6. The fourth-order valence-corrected chi connectivity index (χ4v) is 3.20. The topological polar surface area (TPSA) is 96.7 Å². The first-order valence-electron chi connectivity index (χ1n) is 9.23. The standard InChI is InChI=1S/C20H24N4O4/c1-14(21-15-5-7-16(8-6-15)23-11-3-4-12-23)20(25)22-18-10-9-17(24(26)27)13-19(18)28-2/h5-10,13-14,21H,3-4,11-12H2,1-2H3,(H,22,25)/t14-/m1/s1. The van der Waals surface area contributed by atoms with Gasteiger partial charge < -0.3 is 20.3 Å². The summed E-state index contributed by atoms with van der Waals surface area (Å²) in [6.45, 7) is 3.92. The number of benzene rings is 2. The molecule has 1 saturated heterocycles. The van der Waals surface area contributed by atoms with Crippen LogP contribution in [0.1, 0.15) is 19.8 Å². The Kier molecular flexibility index (Phi) is 5.98. The van der Waals surface area contributed by atoms with Crippen molar-refractivity contribution >= 4 is 28.7 Å². The minimum absolute atomic E-state index is 0.0980. The van der Waals surface area contributed by atoms with Crippen LogP contribution in [0, 0.1) is 10.1 Å². The lowest BCUT2D eigenvalue weighted by molar-refractivity contribution is -0.384. The van der Waals surface area contributed by atoms with Gasteiger partial charge in [-0.2, -0.15) is 0 Å². The normalized spacial score (nSPS) is 14.4. The smallest absolute Gasteiger partial charge is 0.273 e. The molecule has 148 valence electrons. The van der Waals surface area contributed by atoms with E-state index in [4.69, 9.17) is 4.74 Å². The Morgan fingerprint density at radius 1 is 1.18 bits per heavy atom. The Morgan fingerprint density at radius 3 is 2.46 bits per heavy atom. The zero-order valence-corrected chi connectivity index (χ0v) is 16.0. The second-order valence-electron chi connectivity index (χ2n) is 6.74. The second-order valence-corrected chi connectivity index (χ2v) is 6.74. The van der Waals surface area contributed by atoms with Gasteiger partial charge in [-0.05, 0) is 50.1 Å². The van der Waals surface area contributed by atoms with Gasteiger partial charge in [0.2, 0.25) is 5.91 Å². The van der Waals surface area contributed by atoms with Gasteiger partial charge in [0.25, 0.3) is 5.69 Å². The number of nitro benzene ring substituents is 1. The zero-order chi connectivity index (χ0) is 20.1. The molecule has 0 radical (unpaired) electrons. The van der Waals surface area contributed by atoms with Crippen LogP contribution in [-0.4, -0.2) is 37.1 Å². The highest BCUT2D eigenvalue weighted by molar-refractivity contribution is 5.97. The Labute approximate surface area is 163 Å². The number of nitrogens with zero attached hydrogens (tertiary/aromatic N) is 2. The summed E-state index contributed by atoms with van der Waals surface area (Å²) in [5.41, 5.74) is 2.33. The average molecular weight is 384 g/mol. The van der Waals surface area contributed by atoms with E-state index in [-0.39, 0.29) is 17.3 Å². The van der Waals surface area contributed by atoms with E-state index in [2.05, 4.69) is 27.7 Å². The molecular formula is C20H24N4O4. The first-order chi connectivity index (χ1) is 13.5. The van der Waals surface area contributed by atoms with Gasteiger partial charge in [0, 0.05) is 30.5 Å². The van der Waals surface area contributed by atoms with Gasteiger partial charge in [0.05, 0.1) is 23.8 Å². The number of ether oxygens (including phenoxy) is 1. The highest BCUT2D eigenvalue weighted by Crippen LogP contribution is 2.29. The second kappa shape index (κ2) is 8.60. The van der Waals surface area contributed by atoms with Gasteiger partial charge in [-0.1, -0.05) is 0 Å². The number of nitrogens with one attached hydrogen (secondary N) is 2. The fraction of sp³-hybridized carbons (Fsp3) is 0.350. The highest BCUT2D eigenvalue weighted by Gasteiger charge is 2.18. The Bertz CT molecular complexity index is 848. The van der Waals surface area contributed by atoms with Gasteiger partial charge in [0.15, 0.2) is 0 Å². The molecule has 28 heavy (non-hydrogen) atoms. The number of anilines is 3. The lowest BCUT2D eigenvalue weighted by Crippen LogP contribution is -2.32. The number of methoxy groups -OCH3 is 1. The number of hydrogen-bond donors (Lipinski definition) is 2. The van der Waals surface area contributed by atoms with E-state index in [0.717, 1.165) is 18.8 Å². The largest absolute Gasteiger partial charge is 0.494 e. The van der Waals surface area contributed by atoms with E-state index in [1.54, 1.807) is 6.92 Å². The number of nitro groups is 1. The summed E-state index contributed by atoms with van der Waals surface area (Å²) in [5, 5.41) is 16.8. The van der Waals surface area contributed by atoms with Crippen molar-refractivity contribution in [1.29, 1.82) is 0 Å². The molecule has 8 heteroatoms. The lowest BCUT2D eigenvalue weighted by Gasteiger charge is -2.19. The third-order valence-corrected chi connectivity index (χ3v) is 4.77. The van der Waals surface area contributed by atoms with Gasteiger partial charge in [-0.3, -0.25) is 14.9 Å². The van der Waals surface area contributed by atoms with Crippen LogP contribution in [0.15, 0.2) is 42.5 Å². The first-order valence-corrected chi connectivity index (χ1v) is 9.23. The monoisotopic (exact) mass is 384 g/mol. The van der Waals surface area contributed by atoms with Crippen molar-refractivity contribution in [3.05, 3.63) is 52.6 Å². The molecule has 2 aromatic carbocycles. The van der Waals surface area contributed by atoms with Crippen molar-refractivity contribution in [2.24, 2.45) is 0 Å². The highest BCUT2D eigenvalue weighted by atomic mass is 16.6. The van der Waals surface area contributed by atoms with Crippen molar-refractivity contribution in [2.75, 3.05) is 35.7 Å². The summed E-state index contributed by atoms with van der Waals surface area (Å²) in [5.74, 6) is -0.0273. The number of non-ortho nitro benzene ring substituents is 1. The summed E-state index contributed by atoms with van der Waals surface area (Å²) >= 11 is 0. The van der Waals surface area contributed by atoms with Crippen molar-refractivity contribution in [3.63, 3.8) is 0 Å². The third kappa shape index (κ3) is 4.51. The number of hydrogen-bond acceptors (Lipinski definition) is 6. The molecule has 1 heterocycles. The van der Waals surface area contributed by atoms with Crippen LogP contribution in [0.4, 0.5) is 22.7 Å². The number of carbonyl (C=O) groups excluding carboxylic acids is 1. The van der Waals surface area contributed by atoms with Crippen LogP contribution in [0.5, 0.6) is 5.75 Å². The molecule has 0 aromatic heterocycles. The fourth-order valence-electron chi connectivity index (χ4n) is 3.20. The summed E-state index contributed by atoms with van der Waals surface area (Å²) < 4.78 is 5.15. The van der Waals surface area contributed by atoms with Gasteiger partial charge in [-0.15, -0.1) is 0 Å². The van der Waals surface area contributed by atoms with E-state index < -0.39 is 11.0 Å². The summed E-state index contributed by atoms with van der Waals surface area (Å²) in [4.78, 5) is 25.2. The first kappa shape index (κ1) is 19.5. The molecule has 0 saturated carbocycles. The minimum atomic E-state index is -0.510. The maximum atomic E-state index is 12.5. The maximum Gasteiger partial charge on any atom is 0.273 e. The SMILES string of the molecule is COc1cc([N+](=O)[O-])ccc1NC(=O)[C@@H](C)Nc1ccc(N2CCCC2)cc1. The molecule has 8 nitrogen and oxygen atoms in total. The molecule has 2 N–H and O–H groups in total. The van der Waals surface area contributed by atoms with Crippen molar-refractivity contribution < 1.29 is 14.5 Å². The van der Waals surface area contributed by atoms with Crippen LogP contribution in [0.25, 0.3) is 0 Å². The summed E-state index contributed by atoms with van der Waals surface area (Å²) in [7, 11) is 1.40. The van der Waals surface area contributed by atoms with Crippen LogP contribution < -0.4 is 20.3 Å². The third-order valence-electron chi connectivity index (χ3n) is 4.77. The van der Waals surface area contributed by atoms with Crippen molar-refractivity contribution in [1.82, 2.24) is 0 Å². The van der Waals surface area contributed by atoms with Crippen molar-refractivity contribution in [2.45, 2.75) is 25.8 Å². The minimum Gasteiger partial charge on any atom is -0.494 e. The lowest BCUT2D eigenvalue weighted by atomic mass is 10.2. The molecule has 1 fully saturated rings. The van der Waals surface area contributed by atoms with Crippen LogP contribution in [-0.2, 0) is 4.79 Å². The van der Waals surface area contributed by atoms with Crippen LogP contribution in [0.3, 0.4) is 0 Å². The maximum absolute atomic E-state index is 12.5. The van der Waals surface area contributed by atoms with Crippen LogP contribution >= 0.6 is 0 Å². The molecule has 1 amide bonds. The number of carbonyl (C=O) groups is 1. The number of rotatable bonds is 7. The average Bonchev–Trinajstić information content (AvgIpc) is 3.23. The molecule has 1 aliphatic rings. The molecule has 1 atom stereocenters. The Balaban J connectivity index is 1.62. The summed E-state index contributed by atoms with van der Waals surface area (Å²) in [6.07, 6.45) is 2.45.